The van der Waals surface area contributed by atoms with Crippen molar-refractivity contribution < 1.29 is 9.53 Å². The Balaban J connectivity index is 1.43. The molecule has 5 heterocycles. The molecule has 2 saturated heterocycles. The molecule has 3 aliphatic heterocycles. The summed E-state index contributed by atoms with van der Waals surface area (Å²) in [7, 11) is 0. The second-order valence-corrected chi connectivity index (χ2v) is 8.81. The van der Waals surface area contributed by atoms with Gasteiger partial charge < -0.3 is 19.5 Å². The highest BCUT2D eigenvalue weighted by Gasteiger charge is 2.44. The Bertz CT molecular complexity index is 1050. The van der Waals surface area contributed by atoms with E-state index in [9.17, 15) is 14.4 Å². The normalized spacial score (nSPS) is 26.3. The number of H-pyrrole nitrogens is 1. The molecule has 166 valence electrons. The van der Waals surface area contributed by atoms with Crippen molar-refractivity contribution in [1.82, 2.24) is 23.9 Å². The topological polar surface area (TPSA) is 92.6 Å². The summed E-state index contributed by atoms with van der Waals surface area (Å²) in [4.78, 5) is 45.2. The lowest BCUT2D eigenvalue weighted by atomic mass is 9.78. The molecular formula is C22H29N5O4. The quantitative estimate of drug-likeness (QED) is 0.755. The fraction of sp³-hybridized carbons (Fsp3) is 0.591. The molecule has 2 aromatic heterocycles. The SMILES string of the molecule is O=C([C@H]1[C@H]2C[C@H](CN(CCn3cc[nH]c3=O)C2)c2cccc(=O)n21)N1CCCOCC1. The molecule has 2 fully saturated rings. The van der Waals surface area contributed by atoms with Gasteiger partial charge in [-0.25, -0.2) is 4.79 Å². The Morgan fingerprint density at radius 1 is 1.13 bits per heavy atom. The van der Waals surface area contributed by atoms with E-state index in [0.717, 1.165) is 38.2 Å². The number of carbonyl (C=O) groups excluding carboxylic acids is 1. The van der Waals surface area contributed by atoms with E-state index in [1.807, 2.05) is 11.0 Å². The molecule has 2 aromatic rings. The zero-order valence-electron chi connectivity index (χ0n) is 17.6. The second kappa shape index (κ2) is 8.47. The Kier molecular flexibility index (Phi) is 5.54. The molecule has 3 aliphatic rings. The molecule has 1 N–H and O–H groups in total. The third-order valence-electron chi connectivity index (χ3n) is 6.89. The van der Waals surface area contributed by atoms with Crippen molar-refractivity contribution in [3.63, 3.8) is 0 Å². The fourth-order valence-corrected chi connectivity index (χ4v) is 5.46. The number of likely N-dealkylation sites (tertiary alicyclic amines) is 1. The molecule has 9 heteroatoms. The Hall–Kier alpha value is -2.65. The van der Waals surface area contributed by atoms with E-state index in [0.29, 0.717) is 32.8 Å². The van der Waals surface area contributed by atoms with E-state index < -0.39 is 6.04 Å². The minimum atomic E-state index is -0.476. The number of fused-ring (bicyclic) bond motifs is 4. The first-order chi connectivity index (χ1) is 15.1. The number of rotatable bonds is 4. The van der Waals surface area contributed by atoms with Crippen LogP contribution in [0.2, 0.25) is 0 Å². The van der Waals surface area contributed by atoms with Crippen molar-refractivity contribution >= 4 is 5.91 Å². The summed E-state index contributed by atoms with van der Waals surface area (Å²) < 4.78 is 8.96. The lowest BCUT2D eigenvalue weighted by Gasteiger charge is -2.47. The van der Waals surface area contributed by atoms with Crippen molar-refractivity contribution in [2.75, 3.05) is 45.9 Å². The van der Waals surface area contributed by atoms with Crippen LogP contribution in [0.25, 0.3) is 0 Å². The summed E-state index contributed by atoms with van der Waals surface area (Å²) in [6.07, 6.45) is 5.13. The first-order valence-corrected chi connectivity index (χ1v) is 11.2. The summed E-state index contributed by atoms with van der Waals surface area (Å²) >= 11 is 0. The van der Waals surface area contributed by atoms with Crippen LogP contribution in [0.1, 0.15) is 30.5 Å². The summed E-state index contributed by atoms with van der Waals surface area (Å²) in [5.41, 5.74) is 0.756. The van der Waals surface area contributed by atoms with E-state index >= 15 is 0 Å². The van der Waals surface area contributed by atoms with Crippen LogP contribution < -0.4 is 11.2 Å². The summed E-state index contributed by atoms with van der Waals surface area (Å²) in [5.74, 6) is 0.324. The summed E-state index contributed by atoms with van der Waals surface area (Å²) in [6.45, 7) is 5.37. The first kappa shape index (κ1) is 20.3. The number of amides is 1. The highest BCUT2D eigenvalue weighted by Crippen LogP contribution is 2.41. The van der Waals surface area contributed by atoms with Crippen molar-refractivity contribution in [1.29, 1.82) is 0 Å². The second-order valence-electron chi connectivity index (χ2n) is 8.81. The smallest absolute Gasteiger partial charge is 0.325 e. The Labute approximate surface area is 180 Å². The minimum absolute atomic E-state index is 0.0344. The maximum Gasteiger partial charge on any atom is 0.325 e. The van der Waals surface area contributed by atoms with Gasteiger partial charge in [0.1, 0.15) is 6.04 Å². The fourth-order valence-electron chi connectivity index (χ4n) is 5.46. The Morgan fingerprint density at radius 2 is 2.03 bits per heavy atom. The van der Waals surface area contributed by atoms with Gasteiger partial charge in [0.25, 0.3) is 5.56 Å². The van der Waals surface area contributed by atoms with Gasteiger partial charge in [0.15, 0.2) is 0 Å². The van der Waals surface area contributed by atoms with Gasteiger partial charge in [0.05, 0.1) is 6.61 Å². The number of aromatic nitrogens is 3. The number of aromatic amines is 1. The summed E-state index contributed by atoms with van der Waals surface area (Å²) in [6, 6.07) is 4.88. The largest absolute Gasteiger partial charge is 0.380 e. The third-order valence-corrected chi connectivity index (χ3v) is 6.89. The number of nitrogens with one attached hydrogen (secondary N) is 1. The van der Waals surface area contributed by atoms with E-state index in [1.165, 1.54) is 0 Å². The zero-order chi connectivity index (χ0) is 21.4. The van der Waals surface area contributed by atoms with Crippen molar-refractivity contribution in [3.8, 4) is 0 Å². The number of hydrogen-bond donors (Lipinski definition) is 1. The van der Waals surface area contributed by atoms with Crippen LogP contribution in [0, 0.1) is 5.92 Å². The molecule has 2 bridgehead atoms. The lowest BCUT2D eigenvalue weighted by Crippen LogP contribution is -2.54. The van der Waals surface area contributed by atoms with Crippen molar-refractivity contribution in [2.45, 2.75) is 31.3 Å². The maximum absolute atomic E-state index is 13.7. The van der Waals surface area contributed by atoms with Crippen molar-refractivity contribution in [2.24, 2.45) is 5.92 Å². The van der Waals surface area contributed by atoms with E-state index in [1.54, 1.807) is 33.7 Å². The zero-order valence-corrected chi connectivity index (χ0v) is 17.6. The van der Waals surface area contributed by atoms with E-state index in [2.05, 4.69) is 9.88 Å². The average Bonchev–Trinajstić information content (AvgIpc) is 3.00. The number of ether oxygens (including phenoxy) is 1. The van der Waals surface area contributed by atoms with Gasteiger partial charge in [-0.2, -0.15) is 0 Å². The van der Waals surface area contributed by atoms with Crippen LogP contribution >= 0.6 is 0 Å². The van der Waals surface area contributed by atoms with Gasteiger partial charge in [-0.05, 0) is 18.9 Å². The lowest BCUT2D eigenvalue weighted by molar-refractivity contribution is -0.138. The van der Waals surface area contributed by atoms with Crippen LogP contribution in [-0.2, 0) is 16.1 Å². The average molecular weight is 428 g/mol. The molecule has 3 atom stereocenters. The third kappa shape index (κ3) is 3.87. The first-order valence-electron chi connectivity index (χ1n) is 11.2. The van der Waals surface area contributed by atoms with Crippen LogP contribution in [0.15, 0.2) is 40.2 Å². The standard InChI is InChI=1S/C22H29N5O4/c28-19-4-1-3-18-16-13-17(15-24(14-16)8-9-26-7-5-23-22(26)30)20(27(18)19)21(29)25-6-2-11-31-12-10-25/h1,3-5,7,16-17,20H,2,6,8-15H2,(H,23,30)/t16-,17+,20-/m1/s1. The molecule has 0 unspecified atom stereocenters. The molecular weight excluding hydrogens is 398 g/mol. The predicted octanol–water partition coefficient (Wildman–Crippen LogP) is 0.247. The number of imidazole rings is 1. The van der Waals surface area contributed by atoms with Crippen LogP contribution in [-0.4, -0.2) is 75.8 Å². The highest BCUT2D eigenvalue weighted by molar-refractivity contribution is 5.81. The molecule has 0 saturated carbocycles. The van der Waals surface area contributed by atoms with Crippen LogP contribution in [0.3, 0.4) is 0 Å². The molecule has 31 heavy (non-hydrogen) atoms. The number of piperidine rings is 1. The number of pyridine rings is 1. The van der Waals surface area contributed by atoms with Crippen molar-refractivity contribution in [3.05, 3.63) is 57.1 Å². The molecule has 9 nitrogen and oxygen atoms in total. The number of nitrogens with zero attached hydrogens (tertiary/aromatic N) is 4. The number of hydrogen-bond acceptors (Lipinski definition) is 5. The molecule has 5 rings (SSSR count). The predicted molar refractivity (Wildman–Crippen MR) is 114 cm³/mol. The van der Waals surface area contributed by atoms with Crippen LogP contribution in [0.4, 0.5) is 0 Å². The molecule has 0 radical (unpaired) electrons. The minimum Gasteiger partial charge on any atom is -0.380 e. The van der Waals surface area contributed by atoms with Gasteiger partial charge in [0.2, 0.25) is 5.91 Å². The van der Waals surface area contributed by atoms with Gasteiger partial charge >= 0.3 is 5.69 Å². The van der Waals surface area contributed by atoms with Gasteiger partial charge in [-0.15, -0.1) is 0 Å². The van der Waals surface area contributed by atoms with E-state index in [-0.39, 0.29) is 29.0 Å². The summed E-state index contributed by atoms with van der Waals surface area (Å²) in [5, 5.41) is 0. The Morgan fingerprint density at radius 3 is 2.87 bits per heavy atom. The monoisotopic (exact) mass is 427 g/mol. The van der Waals surface area contributed by atoms with Crippen LogP contribution in [0.5, 0.6) is 0 Å². The molecule has 0 aliphatic carbocycles. The van der Waals surface area contributed by atoms with Gasteiger partial charge in [0, 0.05) is 81.9 Å². The molecule has 1 amide bonds. The highest BCUT2D eigenvalue weighted by atomic mass is 16.5. The van der Waals surface area contributed by atoms with E-state index in [4.69, 9.17) is 4.74 Å². The number of carbonyl (C=O) groups is 1. The van der Waals surface area contributed by atoms with Gasteiger partial charge in [-0.3, -0.25) is 18.7 Å². The maximum atomic E-state index is 13.7. The molecule has 0 aromatic carbocycles. The van der Waals surface area contributed by atoms with Gasteiger partial charge in [-0.1, -0.05) is 6.07 Å². The molecule has 0 spiro atoms.